The number of alkyl halides is 3. The molecule has 0 aromatic heterocycles. The van der Waals surface area contributed by atoms with E-state index in [9.17, 15) is 22.4 Å². The molecule has 1 saturated carbocycles. The van der Waals surface area contributed by atoms with Gasteiger partial charge in [-0.1, -0.05) is 18.9 Å². The molecule has 0 amide bonds. The van der Waals surface area contributed by atoms with Crippen LogP contribution >= 0.6 is 0 Å². The zero-order valence-electron chi connectivity index (χ0n) is 17.2. The summed E-state index contributed by atoms with van der Waals surface area (Å²) in [5.74, 6) is -2.66. The average molecular weight is 422 g/mol. The normalized spacial score (nSPS) is 23.3. The van der Waals surface area contributed by atoms with E-state index in [1.165, 1.54) is 31.2 Å². The SMILES string of the molecule is C#CC(/C=C/CC(=O)CC1CC(F)(F)C1(F)CC)=Nc1ccc(F)c(CCN)c1C. The molecule has 1 aliphatic carbocycles. The lowest BCUT2D eigenvalue weighted by Gasteiger charge is -2.49. The maximum Gasteiger partial charge on any atom is 0.282 e. The Balaban J connectivity index is 2.04. The summed E-state index contributed by atoms with van der Waals surface area (Å²) in [7, 11) is 0. The first-order valence-electron chi connectivity index (χ1n) is 9.88. The van der Waals surface area contributed by atoms with Crippen molar-refractivity contribution >= 4 is 17.2 Å². The topological polar surface area (TPSA) is 55.5 Å². The Labute approximate surface area is 174 Å². The molecule has 2 rings (SSSR count). The molecule has 1 aliphatic rings. The summed E-state index contributed by atoms with van der Waals surface area (Å²) in [6, 6.07) is 2.80. The molecule has 0 saturated heterocycles. The molecule has 0 heterocycles. The number of allylic oxidation sites excluding steroid dienone is 2. The fourth-order valence-electron chi connectivity index (χ4n) is 3.78. The molecule has 0 bridgehead atoms. The van der Waals surface area contributed by atoms with Gasteiger partial charge >= 0.3 is 0 Å². The van der Waals surface area contributed by atoms with Gasteiger partial charge in [0.15, 0.2) is 5.67 Å². The van der Waals surface area contributed by atoms with Crippen LogP contribution in [0.4, 0.5) is 23.2 Å². The number of ketones is 1. The van der Waals surface area contributed by atoms with Gasteiger partial charge in [0.05, 0.1) is 5.69 Å². The molecular formula is C23H26F4N2O. The number of aliphatic imine (C=N–C) groups is 1. The van der Waals surface area contributed by atoms with Crippen LogP contribution in [0.25, 0.3) is 0 Å². The first-order chi connectivity index (χ1) is 14.1. The van der Waals surface area contributed by atoms with Gasteiger partial charge < -0.3 is 5.73 Å². The Kier molecular flexibility index (Phi) is 7.59. The Bertz CT molecular complexity index is 901. The molecule has 3 nitrogen and oxygen atoms in total. The number of Topliss-reactive ketones (excluding diaryl/α,β-unsaturated/α-hetero) is 1. The Morgan fingerprint density at radius 1 is 1.40 bits per heavy atom. The zero-order valence-corrected chi connectivity index (χ0v) is 17.2. The van der Waals surface area contributed by atoms with E-state index >= 15 is 0 Å². The molecule has 0 aliphatic heterocycles. The smallest absolute Gasteiger partial charge is 0.282 e. The molecule has 0 radical (unpaired) electrons. The minimum Gasteiger partial charge on any atom is -0.330 e. The summed E-state index contributed by atoms with van der Waals surface area (Å²) < 4.78 is 55.2. The van der Waals surface area contributed by atoms with Gasteiger partial charge in [0.2, 0.25) is 0 Å². The van der Waals surface area contributed by atoms with Crippen LogP contribution in [0, 0.1) is 31.0 Å². The van der Waals surface area contributed by atoms with E-state index in [1.807, 2.05) is 0 Å². The van der Waals surface area contributed by atoms with Gasteiger partial charge in [-0.3, -0.25) is 4.79 Å². The highest BCUT2D eigenvalue weighted by molar-refractivity contribution is 6.09. The van der Waals surface area contributed by atoms with Crippen molar-refractivity contribution in [1.29, 1.82) is 0 Å². The third-order valence-corrected chi connectivity index (χ3v) is 5.66. The second-order valence-corrected chi connectivity index (χ2v) is 7.52. The van der Waals surface area contributed by atoms with Crippen molar-refractivity contribution in [2.24, 2.45) is 16.6 Å². The average Bonchev–Trinajstić information content (AvgIpc) is 2.70. The predicted molar refractivity (Wildman–Crippen MR) is 110 cm³/mol. The zero-order chi connectivity index (χ0) is 22.5. The molecular weight excluding hydrogens is 396 g/mol. The highest BCUT2D eigenvalue weighted by atomic mass is 19.3. The number of rotatable bonds is 9. The molecule has 7 heteroatoms. The van der Waals surface area contributed by atoms with Crippen molar-refractivity contribution in [1.82, 2.24) is 0 Å². The summed E-state index contributed by atoms with van der Waals surface area (Å²) in [5.41, 5.74) is 4.71. The highest BCUT2D eigenvalue weighted by Gasteiger charge is 2.68. The number of carbonyl (C=O) groups excluding carboxylic acids is 1. The van der Waals surface area contributed by atoms with E-state index in [0.717, 1.165) is 0 Å². The summed E-state index contributed by atoms with van der Waals surface area (Å²) in [4.78, 5) is 16.4. The number of halogens is 4. The van der Waals surface area contributed by atoms with Crippen molar-refractivity contribution in [3.8, 4) is 12.3 Å². The largest absolute Gasteiger partial charge is 0.330 e. The summed E-state index contributed by atoms with van der Waals surface area (Å²) in [6.45, 7) is 3.37. The molecule has 1 aromatic carbocycles. The standard InChI is InChI=1S/C23H26F4N2O/c1-4-17(29-21-10-9-20(24)19(11-12-28)15(21)3)7-6-8-18(30)13-16-14-23(26,27)22(16,25)5-2/h1,6-7,9-10,16H,5,8,11-14,28H2,2-3H3/b7-6+,29-17?. The van der Waals surface area contributed by atoms with E-state index in [2.05, 4.69) is 10.9 Å². The van der Waals surface area contributed by atoms with Crippen molar-refractivity contribution in [2.45, 2.75) is 57.5 Å². The van der Waals surface area contributed by atoms with Gasteiger partial charge in [0.25, 0.3) is 5.92 Å². The number of nitrogens with zero attached hydrogens (tertiary/aromatic N) is 1. The minimum absolute atomic E-state index is 0.0661. The van der Waals surface area contributed by atoms with E-state index < -0.39 is 23.9 Å². The quantitative estimate of drug-likeness (QED) is 0.345. The first kappa shape index (κ1) is 23.8. The lowest BCUT2D eigenvalue weighted by molar-refractivity contribution is -0.252. The maximum absolute atomic E-state index is 14.3. The first-order valence-corrected chi connectivity index (χ1v) is 9.88. The lowest BCUT2D eigenvalue weighted by atomic mass is 9.64. The number of carbonyl (C=O) groups is 1. The fourth-order valence-corrected chi connectivity index (χ4v) is 3.78. The lowest BCUT2D eigenvalue weighted by Crippen LogP contribution is -2.61. The van der Waals surface area contributed by atoms with Crippen molar-refractivity contribution in [3.63, 3.8) is 0 Å². The number of terminal acetylenes is 1. The molecule has 1 aromatic rings. The molecule has 162 valence electrons. The minimum atomic E-state index is -3.37. The van der Waals surface area contributed by atoms with E-state index in [4.69, 9.17) is 12.2 Å². The maximum atomic E-state index is 14.3. The Morgan fingerprint density at radius 3 is 2.67 bits per heavy atom. The number of hydrogen-bond donors (Lipinski definition) is 1. The van der Waals surface area contributed by atoms with Crippen LogP contribution in [0.5, 0.6) is 0 Å². The van der Waals surface area contributed by atoms with Crippen LogP contribution in [0.3, 0.4) is 0 Å². The van der Waals surface area contributed by atoms with E-state index in [0.29, 0.717) is 29.8 Å². The number of hydrogen-bond acceptors (Lipinski definition) is 3. The summed E-state index contributed by atoms with van der Waals surface area (Å²) >= 11 is 0. The third kappa shape index (κ3) is 4.81. The van der Waals surface area contributed by atoms with Crippen LogP contribution in [-0.2, 0) is 11.2 Å². The van der Waals surface area contributed by atoms with Gasteiger partial charge in [-0.2, -0.15) is 0 Å². The van der Waals surface area contributed by atoms with E-state index in [1.54, 1.807) is 6.92 Å². The highest BCUT2D eigenvalue weighted by Crippen LogP contribution is 2.57. The van der Waals surface area contributed by atoms with Gasteiger partial charge in [-0.15, -0.1) is 6.42 Å². The van der Waals surface area contributed by atoms with Gasteiger partial charge in [-0.25, -0.2) is 22.6 Å². The van der Waals surface area contributed by atoms with Crippen LogP contribution in [-0.4, -0.2) is 29.6 Å². The molecule has 2 unspecified atom stereocenters. The van der Waals surface area contributed by atoms with Gasteiger partial charge in [0.1, 0.15) is 17.3 Å². The molecule has 2 N–H and O–H groups in total. The fraction of sp³-hybridized carbons (Fsp3) is 0.478. The van der Waals surface area contributed by atoms with Crippen LogP contribution in [0.2, 0.25) is 0 Å². The predicted octanol–water partition coefficient (Wildman–Crippen LogP) is 5.02. The van der Waals surface area contributed by atoms with Crippen molar-refractivity contribution in [3.05, 3.63) is 41.2 Å². The second kappa shape index (κ2) is 9.57. The monoisotopic (exact) mass is 422 g/mol. The molecule has 0 spiro atoms. The number of nitrogens with two attached hydrogens (primary N) is 1. The molecule has 2 atom stereocenters. The Morgan fingerprint density at radius 2 is 2.10 bits per heavy atom. The number of benzene rings is 1. The van der Waals surface area contributed by atoms with Gasteiger partial charge in [0, 0.05) is 25.2 Å². The summed E-state index contributed by atoms with van der Waals surface area (Å²) in [5, 5.41) is 0. The second-order valence-electron chi connectivity index (χ2n) is 7.52. The van der Waals surface area contributed by atoms with Crippen molar-refractivity contribution < 1.29 is 22.4 Å². The van der Waals surface area contributed by atoms with Crippen LogP contribution in [0.15, 0.2) is 29.3 Å². The molecule has 30 heavy (non-hydrogen) atoms. The van der Waals surface area contributed by atoms with Crippen LogP contribution in [0.1, 0.15) is 43.7 Å². The van der Waals surface area contributed by atoms with Crippen molar-refractivity contribution in [2.75, 3.05) is 6.54 Å². The van der Waals surface area contributed by atoms with Gasteiger partial charge in [-0.05, 0) is 55.6 Å². The Hall–Kier alpha value is -2.46. The van der Waals surface area contributed by atoms with E-state index in [-0.39, 0.29) is 36.6 Å². The molecule has 1 fully saturated rings. The third-order valence-electron chi connectivity index (χ3n) is 5.66. The summed E-state index contributed by atoms with van der Waals surface area (Å²) in [6.07, 6.45) is 7.52. The van der Waals surface area contributed by atoms with Crippen LogP contribution < -0.4 is 5.73 Å².